The van der Waals surface area contributed by atoms with Crippen LogP contribution < -0.4 is 5.73 Å². The van der Waals surface area contributed by atoms with Gasteiger partial charge in [-0.3, -0.25) is 4.79 Å². The van der Waals surface area contributed by atoms with E-state index in [1.165, 1.54) is 6.42 Å². The molecule has 1 heterocycles. The summed E-state index contributed by atoms with van der Waals surface area (Å²) in [5, 5.41) is 0. The molecule has 1 fully saturated rings. The molecule has 3 nitrogen and oxygen atoms in total. The van der Waals surface area contributed by atoms with Gasteiger partial charge in [-0.25, -0.2) is 0 Å². The first-order valence-electron chi connectivity index (χ1n) is 6.14. The van der Waals surface area contributed by atoms with E-state index in [1.54, 1.807) is 0 Å². The van der Waals surface area contributed by atoms with E-state index in [0.717, 1.165) is 25.9 Å². The Kier molecular flexibility index (Phi) is 4.58. The number of amides is 1. The molecule has 0 aromatic carbocycles. The Hall–Kier alpha value is -0.570. The number of likely N-dealkylation sites (tertiary alicyclic amines) is 1. The Balaban J connectivity index is 2.47. The summed E-state index contributed by atoms with van der Waals surface area (Å²) in [6, 6.07) is -0.300. The molecule has 1 saturated heterocycles. The molecule has 3 atom stereocenters. The largest absolute Gasteiger partial charge is 0.341 e. The lowest BCUT2D eigenvalue weighted by Gasteiger charge is -2.24. The lowest BCUT2D eigenvalue weighted by Crippen LogP contribution is -2.46. The summed E-state index contributed by atoms with van der Waals surface area (Å²) >= 11 is 0. The maximum atomic E-state index is 12.0. The van der Waals surface area contributed by atoms with Gasteiger partial charge in [-0.1, -0.05) is 33.6 Å². The minimum Gasteiger partial charge on any atom is -0.341 e. The molecule has 1 rings (SSSR count). The van der Waals surface area contributed by atoms with E-state index >= 15 is 0 Å². The second kappa shape index (κ2) is 5.50. The number of hydrogen-bond acceptors (Lipinski definition) is 2. The van der Waals surface area contributed by atoms with Gasteiger partial charge in [0.1, 0.15) is 0 Å². The third-order valence-corrected chi connectivity index (χ3v) is 3.72. The fourth-order valence-corrected chi connectivity index (χ4v) is 2.07. The fourth-order valence-electron chi connectivity index (χ4n) is 2.07. The molecule has 0 aromatic heterocycles. The number of nitrogens with zero attached hydrogens (tertiary/aromatic N) is 1. The number of hydrogen-bond donors (Lipinski definition) is 1. The van der Waals surface area contributed by atoms with E-state index in [0.29, 0.717) is 5.92 Å². The van der Waals surface area contributed by atoms with Crippen LogP contribution in [0.15, 0.2) is 0 Å². The fraction of sp³-hybridized carbons (Fsp3) is 0.917. The van der Waals surface area contributed by atoms with Crippen LogP contribution in [0.5, 0.6) is 0 Å². The van der Waals surface area contributed by atoms with Gasteiger partial charge in [0.25, 0.3) is 0 Å². The summed E-state index contributed by atoms with van der Waals surface area (Å²) in [4.78, 5) is 14.0. The zero-order valence-corrected chi connectivity index (χ0v) is 10.2. The molecular weight excluding hydrogens is 188 g/mol. The lowest BCUT2D eigenvalue weighted by atomic mass is 9.99. The topological polar surface area (TPSA) is 46.3 Å². The van der Waals surface area contributed by atoms with Crippen molar-refractivity contribution in [1.82, 2.24) is 4.90 Å². The second-order valence-electron chi connectivity index (χ2n) is 4.76. The van der Waals surface area contributed by atoms with Crippen LogP contribution in [-0.2, 0) is 4.79 Å². The molecular formula is C12H24N2O. The van der Waals surface area contributed by atoms with Crippen LogP contribution in [0.2, 0.25) is 0 Å². The van der Waals surface area contributed by atoms with Gasteiger partial charge >= 0.3 is 0 Å². The molecule has 3 heteroatoms. The van der Waals surface area contributed by atoms with Crippen molar-refractivity contribution in [3.05, 3.63) is 0 Å². The molecule has 1 unspecified atom stereocenters. The Labute approximate surface area is 93.0 Å². The average molecular weight is 212 g/mol. The average Bonchev–Trinajstić information content (AvgIpc) is 2.74. The first-order valence-corrected chi connectivity index (χ1v) is 6.14. The lowest BCUT2D eigenvalue weighted by molar-refractivity contribution is -0.132. The van der Waals surface area contributed by atoms with Crippen molar-refractivity contribution >= 4 is 5.91 Å². The molecule has 1 amide bonds. The van der Waals surface area contributed by atoms with Crippen LogP contribution in [0.4, 0.5) is 0 Å². The summed E-state index contributed by atoms with van der Waals surface area (Å²) in [7, 11) is 0. The molecule has 0 bridgehead atoms. The van der Waals surface area contributed by atoms with Gasteiger partial charge in [0.15, 0.2) is 0 Å². The van der Waals surface area contributed by atoms with Gasteiger partial charge in [-0.2, -0.15) is 0 Å². The molecule has 0 saturated carbocycles. The minimum absolute atomic E-state index is 0.153. The Morgan fingerprint density at radius 1 is 1.53 bits per heavy atom. The number of rotatable bonds is 4. The van der Waals surface area contributed by atoms with Crippen molar-refractivity contribution in [2.45, 2.75) is 46.1 Å². The summed E-state index contributed by atoms with van der Waals surface area (Å²) in [6.07, 6.45) is 3.29. The summed E-state index contributed by atoms with van der Waals surface area (Å²) in [6.45, 7) is 8.14. The van der Waals surface area contributed by atoms with Crippen molar-refractivity contribution in [2.75, 3.05) is 13.1 Å². The van der Waals surface area contributed by atoms with Crippen LogP contribution in [-0.4, -0.2) is 29.9 Å². The molecule has 2 N–H and O–H groups in total. The van der Waals surface area contributed by atoms with E-state index in [9.17, 15) is 4.79 Å². The Morgan fingerprint density at radius 2 is 2.20 bits per heavy atom. The van der Waals surface area contributed by atoms with Crippen molar-refractivity contribution in [2.24, 2.45) is 17.6 Å². The monoisotopic (exact) mass is 212 g/mol. The van der Waals surface area contributed by atoms with Crippen LogP contribution >= 0.6 is 0 Å². The van der Waals surface area contributed by atoms with Gasteiger partial charge in [-0.05, 0) is 18.3 Å². The maximum Gasteiger partial charge on any atom is 0.239 e. The summed E-state index contributed by atoms with van der Waals surface area (Å²) < 4.78 is 0. The maximum absolute atomic E-state index is 12.0. The zero-order valence-electron chi connectivity index (χ0n) is 10.2. The van der Waals surface area contributed by atoms with Crippen LogP contribution in [0.25, 0.3) is 0 Å². The van der Waals surface area contributed by atoms with E-state index < -0.39 is 0 Å². The molecule has 88 valence electrons. The highest BCUT2D eigenvalue weighted by Gasteiger charge is 2.30. The molecule has 0 aromatic rings. The van der Waals surface area contributed by atoms with Crippen molar-refractivity contribution < 1.29 is 4.79 Å². The third kappa shape index (κ3) is 2.94. The molecule has 0 radical (unpaired) electrons. The Bertz CT molecular complexity index is 218. The van der Waals surface area contributed by atoms with Gasteiger partial charge in [0.05, 0.1) is 6.04 Å². The molecule has 1 aliphatic rings. The first kappa shape index (κ1) is 12.5. The molecule has 15 heavy (non-hydrogen) atoms. The predicted octanol–water partition coefficient (Wildman–Crippen LogP) is 1.62. The van der Waals surface area contributed by atoms with E-state index in [1.807, 2.05) is 4.90 Å². The van der Waals surface area contributed by atoms with Crippen LogP contribution in [0, 0.1) is 11.8 Å². The zero-order chi connectivity index (χ0) is 11.4. The number of nitrogens with two attached hydrogens (primary N) is 1. The highest BCUT2D eigenvalue weighted by molar-refractivity contribution is 5.82. The highest BCUT2D eigenvalue weighted by Crippen LogP contribution is 2.20. The van der Waals surface area contributed by atoms with Crippen molar-refractivity contribution in [3.63, 3.8) is 0 Å². The molecule has 0 aliphatic carbocycles. The van der Waals surface area contributed by atoms with Gasteiger partial charge in [-0.15, -0.1) is 0 Å². The summed E-state index contributed by atoms with van der Waals surface area (Å²) in [5.74, 6) is 1.14. The van der Waals surface area contributed by atoms with Crippen LogP contribution in [0.1, 0.15) is 40.0 Å². The van der Waals surface area contributed by atoms with E-state index in [2.05, 4.69) is 20.8 Å². The van der Waals surface area contributed by atoms with E-state index in [4.69, 9.17) is 5.73 Å². The standard InChI is InChI=1S/C12H24N2O/c1-4-9(3)11(13)12(15)14-7-6-10(5-2)8-14/h9-11H,4-8,13H2,1-3H3/t9-,10?,11-/m0/s1. The van der Waals surface area contributed by atoms with E-state index in [-0.39, 0.29) is 17.9 Å². The van der Waals surface area contributed by atoms with Crippen LogP contribution in [0.3, 0.4) is 0 Å². The van der Waals surface area contributed by atoms with Crippen molar-refractivity contribution in [1.29, 1.82) is 0 Å². The Morgan fingerprint density at radius 3 is 2.67 bits per heavy atom. The van der Waals surface area contributed by atoms with Gasteiger partial charge < -0.3 is 10.6 Å². The quantitative estimate of drug-likeness (QED) is 0.769. The smallest absolute Gasteiger partial charge is 0.239 e. The second-order valence-corrected chi connectivity index (χ2v) is 4.76. The predicted molar refractivity (Wildman–Crippen MR) is 62.4 cm³/mol. The van der Waals surface area contributed by atoms with Crippen molar-refractivity contribution in [3.8, 4) is 0 Å². The van der Waals surface area contributed by atoms with Gasteiger partial charge in [0, 0.05) is 13.1 Å². The highest BCUT2D eigenvalue weighted by atomic mass is 16.2. The number of carbonyl (C=O) groups is 1. The molecule has 1 aliphatic heterocycles. The molecule has 0 spiro atoms. The number of carbonyl (C=O) groups excluding carboxylic acids is 1. The summed E-state index contributed by atoms with van der Waals surface area (Å²) in [5.41, 5.74) is 5.95. The first-order chi connectivity index (χ1) is 7.10. The third-order valence-electron chi connectivity index (χ3n) is 3.72. The van der Waals surface area contributed by atoms with Gasteiger partial charge in [0.2, 0.25) is 5.91 Å². The SMILES string of the molecule is CCC1CCN(C(=O)[C@@H](N)[C@@H](C)CC)C1. The normalized spacial score (nSPS) is 25.3. The minimum atomic E-state index is -0.300.